The second-order valence-corrected chi connectivity index (χ2v) is 8.86. The molecule has 1 heterocycles. The predicted octanol–water partition coefficient (Wildman–Crippen LogP) is 1.22. The Balaban J connectivity index is 2.12. The molecule has 0 aliphatic carbocycles. The van der Waals surface area contributed by atoms with E-state index in [0.29, 0.717) is 30.6 Å². The van der Waals surface area contributed by atoms with Crippen molar-refractivity contribution >= 4 is 23.8 Å². The van der Waals surface area contributed by atoms with Crippen molar-refractivity contribution in [3.8, 4) is 0 Å². The molecule has 2 aromatic rings. The summed E-state index contributed by atoms with van der Waals surface area (Å²) < 4.78 is 12.9. The number of carbonyl (C=O) groups is 2. The lowest BCUT2D eigenvalue weighted by Crippen LogP contribution is -2.51. The first-order valence-electron chi connectivity index (χ1n) is 11.0. The molecule has 5 N–H and O–H groups in total. The van der Waals surface area contributed by atoms with Gasteiger partial charge in [-0.2, -0.15) is 0 Å². The average Bonchev–Trinajstić information content (AvgIpc) is 3.21. The molecule has 0 aliphatic heterocycles. The topological polar surface area (TPSA) is 154 Å². The van der Waals surface area contributed by atoms with Crippen LogP contribution < -0.4 is 16.4 Å². The Morgan fingerprint density at radius 1 is 1.26 bits per heavy atom. The third-order valence-corrected chi connectivity index (χ3v) is 5.35. The zero-order valence-corrected chi connectivity index (χ0v) is 20.6. The van der Waals surface area contributed by atoms with E-state index in [0.717, 1.165) is 5.56 Å². The lowest BCUT2D eigenvalue weighted by molar-refractivity contribution is -0.126. The number of aliphatic hydroxyl groups excluding tert-OH is 1. The van der Waals surface area contributed by atoms with Crippen molar-refractivity contribution in [1.82, 2.24) is 25.4 Å². The van der Waals surface area contributed by atoms with E-state index in [2.05, 4.69) is 20.8 Å². The van der Waals surface area contributed by atoms with E-state index < -0.39 is 17.7 Å². The maximum Gasteiger partial charge on any atom is 0.407 e. The van der Waals surface area contributed by atoms with Crippen molar-refractivity contribution in [3.63, 3.8) is 0 Å². The smallest absolute Gasteiger partial charge is 0.407 e. The minimum Gasteiger partial charge on any atom is -0.448 e. The van der Waals surface area contributed by atoms with E-state index in [1.807, 2.05) is 36.6 Å². The summed E-state index contributed by atoms with van der Waals surface area (Å²) in [4.78, 5) is 24.4. The molecular formula is C22H34N6O5S. The number of benzene rings is 1. The molecule has 34 heavy (non-hydrogen) atoms. The zero-order chi connectivity index (χ0) is 25.0. The summed E-state index contributed by atoms with van der Waals surface area (Å²) in [5.41, 5.74) is 5.88. The summed E-state index contributed by atoms with van der Waals surface area (Å²) in [5.74, 6) is 0.111. The number of carbonyl (C=O) groups excluding carboxylic acids is 2. The van der Waals surface area contributed by atoms with Crippen molar-refractivity contribution in [2.24, 2.45) is 5.73 Å². The molecule has 12 heteroatoms. The Labute approximate surface area is 203 Å². The second kappa shape index (κ2) is 13.9. The van der Waals surface area contributed by atoms with Crippen LogP contribution in [0.3, 0.4) is 0 Å². The fraction of sp³-hybridized carbons (Fsp3) is 0.545. The lowest BCUT2D eigenvalue weighted by atomic mass is 10.1. The normalized spacial score (nSPS) is 12.3. The van der Waals surface area contributed by atoms with Crippen LogP contribution in [0.15, 0.2) is 35.5 Å². The van der Waals surface area contributed by atoms with Gasteiger partial charge < -0.3 is 35.5 Å². The summed E-state index contributed by atoms with van der Waals surface area (Å²) in [6.07, 6.45) is 1.73. The fourth-order valence-corrected chi connectivity index (χ4v) is 3.39. The number of aromatic nitrogens is 3. The van der Waals surface area contributed by atoms with Crippen LogP contribution in [0.4, 0.5) is 4.79 Å². The molecule has 1 aromatic heterocycles. The van der Waals surface area contributed by atoms with E-state index in [-0.39, 0.29) is 32.3 Å². The van der Waals surface area contributed by atoms with Gasteiger partial charge in [0.05, 0.1) is 25.3 Å². The van der Waals surface area contributed by atoms with Gasteiger partial charge in [-0.15, -0.1) is 10.2 Å². The van der Waals surface area contributed by atoms with E-state index in [1.54, 1.807) is 18.4 Å². The predicted molar refractivity (Wildman–Crippen MR) is 128 cm³/mol. The number of hydrogen-bond donors (Lipinski definition) is 4. The molecular weight excluding hydrogens is 460 g/mol. The van der Waals surface area contributed by atoms with Crippen molar-refractivity contribution in [2.45, 2.75) is 50.2 Å². The molecule has 0 bridgehead atoms. The SMILES string of the molecule is CSc1nnc(C(COCc2ccccc2)NC(=O)C(C)(C)N)n1CCOC(=O)NCCCO. The van der Waals surface area contributed by atoms with Crippen LogP contribution >= 0.6 is 11.8 Å². The molecule has 0 spiro atoms. The minimum atomic E-state index is -1.10. The highest BCUT2D eigenvalue weighted by Crippen LogP contribution is 2.20. The summed E-state index contributed by atoms with van der Waals surface area (Å²) in [7, 11) is 0. The van der Waals surface area contributed by atoms with Gasteiger partial charge in [-0.25, -0.2) is 4.79 Å². The van der Waals surface area contributed by atoms with Gasteiger partial charge in [-0.1, -0.05) is 42.1 Å². The molecule has 1 aromatic carbocycles. The first-order chi connectivity index (χ1) is 16.3. The number of thioether (sulfide) groups is 1. The number of ether oxygens (including phenoxy) is 2. The Morgan fingerprint density at radius 3 is 2.65 bits per heavy atom. The maximum atomic E-state index is 12.6. The van der Waals surface area contributed by atoms with Crippen LogP contribution in [0.25, 0.3) is 0 Å². The van der Waals surface area contributed by atoms with E-state index >= 15 is 0 Å². The minimum absolute atomic E-state index is 0.0134. The molecule has 0 fully saturated rings. The fourth-order valence-electron chi connectivity index (χ4n) is 2.86. The van der Waals surface area contributed by atoms with Gasteiger partial charge in [-0.3, -0.25) is 4.79 Å². The van der Waals surface area contributed by atoms with Gasteiger partial charge in [0, 0.05) is 13.2 Å². The number of aliphatic hydroxyl groups is 1. The Bertz CT molecular complexity index is 903. The summed E-state index contributed by atoms with van der Waals surface area (Å²) in [5, 5.41) is 23.4. The first-order valence-corrected chi connectivity index (χ1v) is 12.2. The van der Waals surface area contributed by atoms with Gasteiger partial charge in [0.1, 0.15) is 12.6 Å². The van der Waals surface area contributed by atoms with E-state index in [1.165, 1.54) is 11.8 Å². The van der Waals surface area contributed by atoms with Gasteiger partial charge >= 0.3 is 6.09 Å². The Kier molecular flexibility index (Phi) is 11.3. The maximum absolute atomic E-state index is 12.6. The Hall–Kier alpha value is -2.67. The molecule has 1 unspecified atom stereocenters. The molecule has 1 atom stereocenters. The number of alkyl carbamates (subject to hydrolysis) is 1. The number of nitrogens with zero attached hydrogens (tertiary/aromatic N) is 3. The van der Waals surface area contributed by atoms with Gasteiger partial charge in [0.15, 0.2) is 11.0 Å². The van der Waals surface area contributed by atoms with Gasteiger partial charge in [0.25, 0.3) is 0 Å². The van der Waals surface area contributed by atoms with Crippen LogP contribution in [0, 0.1) is 0 Å². The van der Waals surface area contributed by atoms with Gasteiger partial charge in [-0.05, 0) is 32.1 Å². The number of nitrogens with two attached hydrogens (primary N) is 1. The number of amides is 2. The van der Waals surface area contributed by atoms with Crippen LogP contribution in [-0.4, -0.2) is 70.0 Å². The molecule has 2 amide bonds. The molecule has 0 radical (unpaired) electrons. The average molecular weight is 495 g/mol. The molecule has 188 valence electrons. The van der Waals surface area contributed by atoms with Crippen LogP contribution in [-0.2, 0) is 27.4 Å². The van der Waals surface area contributed by atoms with Crippen molar-refractivity contribution in [1.29, 1.82) is 0 Å². The largest absolute Gasteiger partial charge is 0.448 e. The standard InChI is InChI=1S/C22H34N6O5S/c1-22(2,23)19(30)25-17(15-32-14-16-8-5-4-6-9-16)18-26-27-20(34-3)28(18)11-13-33-21(31)24-10-7-12-29/h4-6,8-9,17,29H,7,10-15,23H2,1-3H3,(H,24,31)(H,25,30). The molecule has 2 rings (SSSR count). The molecule has 0 saturated heterocycles. The summed E-state index contributed by atoms with van der Waals surface area (Å²) in [6.45, 7) is 4.40. The van der Waals surface area contributed by atoms with Crippen LogP contribution in [0.1, 0.15) is 37.7 Å². The summed E-state index contributed by atoms with van der Waals surface area (Å²) >= 11 is 1.38. The van der Waals surface area contributed by atoms with E-state index in [9.17, 15) is 9.59 Å². The number of rotatable bonds is 14. The van der Waals surface area contributed by atoms with Gasteiger partial charge in [0.2, 0.25) is 5.91 Å². The third kappa shape index (κ3) is 8.93. The molecule has 0 aliphatic rings. The molecule has 0 saturated carbocycles. The van der Waals surface area contributed by atoms with Crippen LogP contribution in [0.5, 0.6) is 0 Å². The number of nitrogens with one attached hydrogen (secondary N) is 2. The molecule has 11 nitrogen and oxygen atoms in total. The first kappa shape index (κ1) is 27.6. The second-order valence-electron chi connectivity index (χ2n) is 8.08. The number of hydrogen-bond acceptors (Lipinski definition) is 9. The highest BCUT2D eigenvalue weighted by atomic mass is 32.2. The Morgan fingerprint density at radius 2 is 2.00 bits per heavy atom. The lowest BCUT2D eigenvalue weighted by Gasteiger charge is -2.24. The van der Waals surface area contributed by atoms with Crippen molar-refractivity contribution < 1.29 is 24.2 Å². The van der Waals surface area contributed by atoms with Crippen LogP contribution in [0.2, 0.25) is 0 Å². The van der Waals surface area contributed by atoms with E-state index in [4.69, 9.17) is 20.3 Å². The third-order valence-electron chi connectivity index (χ3n) is 4.68. The summed E-state index contributed by atoms with van der Waals surface area (Å²) in [6, 6.07) is 9.07. The van der Waals surface area contributed by atoms with Crippen molar-refractivity contribution in [2.75, 3.05) is 32.6 Å². The zero-order valence-electron chi connectivity index (χ0n) is 19.8. The highest BCUT2D eigenvalue weighted by Gasteiger charge is 2.29. The van der Waals surface area contributed by atoms with Crippen molar-refractivity contribution in [3.05, 3.63) is 41.7 Å². The quantitative estimate of drug-likeness (QED) is 0.224. The monoisotopic (exact) mass is 494 g/mol. The highest BCUT2D eigenvalue weighted by molar-refractivity contribution is 7.98.